The number of hydrazine groups is 1. The lowest BCUT2D eigenvalue weighted by Gasteiger charge is -2.06. The molecule has 4 nitrogen and oxygen atoms in total. The summed E-state index contributed by atoms with van der Waals surface area (Å²) >= 11 is 0. The monoisotopic (exact) mass is 202 g/mol. The maximum absolute atomic E-state index is 10.7. The highest BCUT2D eigenvalue weighted by atomic mass is 16.5. The fraction of sp³-hybridized carbons (Fsp3) is 0.900. The van der Waals surface area contributed by atoms with Crippen LogP contribution in [-0.4, -0.2) is 19.1 Å². The second-order valence-corrected chi connectivity index (χ2v) is 3.85. The van der Waals surface area contributed by atoms with Crippen LogP contribution in [-0.2, 0) is 9.53 Å². The summed E-state index contributed by atoms with van der Waals surface area (Å²) in [4.78, 5) is 10.7. The van der Waals surface area contributed by atoms with Gasteiger partial charge in [-0.3, -0.25) is 10.2 Å². The van der Waals surface area contributed by atoms with Crippen molar-refractivity contribution in [2.75, 3.05) is 13.2 Å². The SMILES string of the molecule is CC(C)COCCCCCC(=O)NN. The maximum atomic E-state index is 10.7. The van der Waals surface area contributed by atoms with Gasteiger partial charge in [-0.2, -0.15) is 0 Å². The summed E-state index contributed by atoms with van der Waals surface area (Å²) in [5.41, 5.74) is 2.11. The number of amides is 1. The van der Waals surface area contributed by atoms with Crippen molar-refractivity contribution in [2.45, 2.75) is 39.5 Å². The Hall–Kier alpha value is -0.610. The molecule has 4 heteroatoms. The minimum Gasteiger partial charge on any atom is -0.381 e. The van der Waals surface area contributed by atoms with E-state index in [1.54, 1.807) is 0 Å². The van der Waals surface area contributed by atoms with Crippen LogP contribution in [0.15, 0.2) is 0 Å². The van der Waals surface area contributed by atoms with Gasteiger partial charge in [0.25, 0.3) is 0 Å². The van der Waals surface area contributed by atoms with Crippen molar-refractivity contribution in [3.63, 3.8) is 0 Å². The highest BCUT2D eigenvalue weighted by molar-refractivity contribution is 5.74. The Morgan fingerprint density at radius 1 is 1.36 bits per heavy atom. The Bertz CT molecular complexity index is 149. The van der Waals surface area contributed by atoms with Gasteiger partial charge in [-0.1, -0.05) is 20.3 Å². The van der Waals surface area contributed by atoms with Crippen molar-refractivity contribution in [1.29, 1.82) is 0 Å². The molecular formula is C10H22N2O2. The Morgan fingerprint density at radius 3 is 2.64 bits per heavy atom. The van der Waals surface area contributed by atoms with E-state index in [1.165, 1.54) is 0 Å². The summed E-state index contributed by atoms with van der Waals surface area (Å²) in [7, 11) is 0. The van der Waals surface area contributed by atoms with Gasteiger partial charge < -0.3 is 4.74 Å². The van der Waals surface area contributed by atoms with Gasteiger partial charge in [0.05, 0.1) is 0 Å². The van der Waals surface area contributed by atoms with Crippen LogP contribution in [0.4, 0.5) is 0 Å². The number of unbranched alkanes of at least 4 members (excludes halogenated alkanes) is 2. The standard InChI is InChI=1S/C10H22N2O2/c1-9(2)8-14-7-5-3-4-6-10(13)12-11/h9H,3-8,11H2,1-2H3,(H,12,13). The molecule has 0 radical (unpaired) electrons. The van der Waals surface area contributed by atoms with Gasteiger partial charge >= 0.3 is 0 Å². The first-order valence-electron chi connectivity index (χ1n) is 5.24. The largest absolute Gasteiger partial charge is 0.381 e. The molecule has 0 aliphatic rings. The molecule has 0 heterocycles. The zero-order valence-electron chi connectivity index (χ0n) is 9.21. The third-order valence-electron chi connectivity index (χ3n) is 1.80. The minimum atomic E-state index is -0.0897. The van der Waals surface area contributed by atoms with E-state index in [0.717, 1.165) is 32.5 Å². The van der Waals surface area contributed by atoms with Gasteiger partial charge in [0, 0.05) is 19.6 Å². The van der Waals surface area contributed by atoms with Crippen LogP contribution in [0.2, 0.25) is 0 Å². The van der Waals surface area contributed by atoms with Crippen LogP contribution in [0.25, 0.3) is 0 Å². The van der Waals surface area contributed by atoms with Crippen molar-refractivity contribution < 1.29 is 9.53 Å². The molecule has 0 saturated heterocycles. The van der Waals surface area contributed by atoms with E-state index in [0.29, 0.717) is 12.3 Å². The van der Waals surface area contributed by atoms with E-state index in [2.05, 4.69) is 19.3 Å². The quantitative estimate of drug-likeness (QED) is 0.269. The number of nitrogens with two attached hydrogens (primary N) is 1. The number of carbonyl (C=O) groups is 1. The molecule has 0 spiro atoms. The normalized spacial score (nSPS) is 10.6. The Labute approximate surface area is 86.2 Å². The first-order valence-corrected chi connectivity index (χ1v) is 5.24. The van der Waals surface area contributed by atoms with Crippen molar-refractivity contribution in [1.82, 2.24) is 5.43 Å². The number of hydrogen-bond acceptors (Lipinski definition) is 3. The average Bonchev–Trinajstić information content (AvgIpc) is 2.15. The van der Waals surface area contributed by atoms with Crippen LogP contribution < -0.4 is 11.3 Å². The summed E-state index contributed by atoms with van der Waals surface area (Å²) in [6, 6.07) is 0. The van der Waals surface area contributed by atoms with E-state index in [1.807, 2.05) is 0 Å². The molecule has 0 aliphatic heterocycles. The number of ether oxygens (including phenoxy) is 1. The Kier molecular flexibility index (Phi) is 8.57. The van der Waals surface area contributed by atoms with Crippen LogP contribution in [0.5, 0.6) is 0 Å². The van der Waals surface area contributed by atoms with Gasteiger partial charge in [-0.05, 0) is 18.8 Å². The van der Waals surface area contributed by atoms with E-state index in [-0.39, 0.29) is 5.91 Å². The van der Waals surface area contributed by atoms with Gasteiger partial charge in [-0.15, -0.1) is 0 Å². The van der Waals surface area contributed by atoms with Gasteiger partial charge in [0.2, 0.25) is 5.91 Å². The smallest absolute Gasteiger partial charge is 0.233 e. The zero-order chi connectivity index (χ0) is 10.8. The first-order chi connectivity index (χ1) is 6.66. The van der Waals surface area contributed by atoms with Crippen molar-refractivity contribution in [3.8, 4) is 0 Å². The number of carbonyl (C=O) groups excluding carboxylic acids is 1. The molecule has 84 valence electrons. The van der Waals surface area contributed by atoms with Crippen LogP contribution in [0.3, 0.4) is 0 Å². The third-order valence-corrected chi connectivity index (χ3v) is 1.80. The average molecular weight is 202 g/mol. The molecule has 0 aromatic heterocycles. The summed E-state index contributed by atoms with van der Waals surface area (Å²) in [5.74, 6) is 5.45. The van der Waals surface area contributed by atoms with Gasteiger partial charge in [-0.25, -0.2) is 5.84 Å². The van der Waals surface area contributed by atoms with E-state index in [4.69, 9.17) is 10.6 Å². The molecule has 1 amide bonds. The van der Waals surface area contributed by atoms with Crippen LogP contribution in [0.1, 0.15) is 39.5 Å². The molecule has 0 rings (SSSR count). The Balaban J connectivity index is 3.03. The summed E-state index contributed by atoms with van der Waals surface area (Å²) in [6.07, 6.45) is 3.44. The van der Waals surface area contributed by atoms with Crippen molar-refractivity contribution >= 4 is 5.91 Å². The lowest BCUT2D eigenvalue weighted by Crippen LogP contribution is -2.29. The highest BCUT2D eigenvalue weighted by Crippen LogP contribution is 2.01. The first kappa shape index (κ1) is 13.4. The molecule has 14 heavy (non-hydrogen) atoms. The Morgan fingerprint density at radius 2 is 2.07 bits per heavy atom. The summed E-state index contributed by atoms with van der Waals surface area (Å²) < 4.78 is 5.40. The molecule has 0 aromatic rings. The lowest BCUT2D eigenvalue weighted by atomic mass is 10.2. The predicted molar refractivity (Wildman–Crippen MR) is 56.5 cm³/mol. The fourth-order valence-corrected chi connectivity index (χ4v) is 1.06. The second kappa shape index (κ2) is 8.97. The fourth-order valence-electron chi connectivity index (χ4n) is 1.06. The maximum Gasteiger partial charge on any atom is 0.233 e. The minimum absolute atomic E-state index is 0.0897. The van der Waals surface area contributed by atoms with Gasteiger partial charge in [0.15, 0.2) is 0 Å². The van der Waals surface area contributed by atoms with Crippen LogP contribution >= 0.6 is 0 Å². The van der Waals surface area contributed by atoms with Crippen LogP contribution in [0, 0.1) is 5.92 Å². The lowest BCUT2D eigenvalue weighted by molar-refractivity contribution is -0.121. The highest BCUT2D eigenvalue weighted by Gasteiger charge is 1.98. The molecule has 0 atom stereocenters. The topological polar surface area (TPSA) is 64.3 Å². The van der Waals surface area contributed by atoms with E-state index in [9.17, 15) is 4.79 Å². The second-order valence-electron chi connectivity index (χ2n) is 3.85. The number of rotatable bonds is 8. The number of hydrogen-bond donors (Lipinski definition) is 2. The molecule has 0 bridgehead atoms. The summed E-state index contributed by atoms with van der Waals surface area (Å²) in [5, 5.41) is 0. The molecule has 0 aliphatic carbocycles. The molecule has 0 aromatic carbocycles. The molecular weight excluding hydrogens is 180 g/mol. The molecule has 3 N–H and O–H groups in total. The van der Waals surface area contributed by atoms with Crippen molar-refractivity contribution in [2.24, 2.45) is 11.8 Å². The third kappa shape index (κ3) is 9.48. The number of nitrogens with one attached hydrogen (secondary N) is 1. The molecule has 0 unspecified atom stereocenters. The molecule has 0 saturated carbocycles. The molecule has 0 fully saturated rings. The van der Waals surface area contributed by atoms with Crippen molar-refractivity contribution in [3.05, 3.63) is 0 Å². The zero-order valence-corrected chi connectivity index (χ0v) is 9.21. The van der Waals surface area contributed by atoms with Gasteiger partial charge in [0.1, 0.15) is 0 Å². The summed E-state index contributed by atoms with van der Waals surface area (Å²) in [6.45, 7) is 5.88. The van der Waals surface area contributed by atoms with E-state index >= 15 is 0 Å². The predicted octanol–water partition coefficient (Wildman–Crippen LogP) is 1.21. The van der Waals surface area contributed by atoms with E-state index < -0.39 is 0 Å².